The van der Waals surface area contributed by atoms with Crippen LogP contribution in [-0.4, -0.2) is 56.1 Å². The number of piperidine rings is 1. The smallest absolute Gasteiger partial charge is 0.254 e. The molecule has 2 aliphatic rings. The summed E-state index contributed by atoms with van der Waals surface area (Å²) in [7, 11) is -3.26. The van der Waals surface area contributed by atoms with E-state index in [1.165, 1.54) is 12.3 Å². The lowest BCUT2D eigenvalue weighted by Gasteiger charge is -2.42. The number of amides is 2. The normalized spacial score (nSPS) is 19.7. The molecule has 2 unspecified atom stereocenters. The van der Waals surface area contributed by atoms with Crippen molar-refractivity contribution in [3.05, 3.63) is 58.9 Å². The number of nitrogens with one attached hydrogen (secondary N) is 2. The maximum atomic E-state index is 14.8. The van der Waals surface area contributed by atoms with Gasteiger partial charge in [-0.15, -0.1) is 0 Å². The van der Waals surface area contributed by atoms with Gasteiger partial charge in [-0.2, -0.15) is 0 Å². The first-order valence-electron chi connectivity index (χ1n) is 13.3. The summed E-state index contributed by atoms with van der Waals surface area (Å²) in [6.45, 7) is 8.93. The van der Waals surface area contributed by atoms with E-state index in [1.807, 2.05) is 13.8 Å². The first-order chi connectivity index (χ1) is 17.8. The standard InChI is InChI=1S/C29H38FN3O4S/c1-18(2)26(31-27(34)24-17-23-19(3)6-7-20(23)16-25(24)30)28(35)33-14-12-29(4,13-15-33)32-21-8-10-22(11-9-21)38(5,36)37/h8-11,16-19,26,32H,6-7,12-15H2,1-5H3,(H,31,34). The predicted octanol–water partition coefficient (Wildman–Crippen LogP) is 4.53. The maximum Gasteiger partial charge on any atom is 0.254 e. The molecule has 0 aromatic heterocycles. The number of carbonyl (C=O) groups is 2. The first kappa shape index (κ1) is 28.1. The van der Waals surface area contributed by atoms with Crippen molar-refractivity contribution in [2.75, 3.05) is 24.7 Å². The van der Waals surface area contributed by atoms with Crippen LogP contribution in [0.25, 0.3) is 0 Å². The van der Waals surface area contributed by atoms with Gasteiger partial charge in [-0.3, -0.25) is 9.59 Å². The zero-order valence-electron chi connectivity index (χ0n) is 22.8. The lowest BCUT2D eigenvalue weighted by Crippen LogP contribution is -2.56. The van der Waals surface area contributed by atoms with Gasteiger partial charge in [0.15, 0.2) is 9.84 Å². The van der Waals surface area contributed by atoms with Crippen LogP contribution in [0.5, 0.6) is 0 Å². The largest absolute Gasteiger partial charge is 0.380 e. The Kier molecular flexibility index (Phi) is 7.89. The summed E-state index contributed by atoms with van der Waals surface area (Å²) in [5.74, 6) is -1.15. The highest BCUT2D eigenvalue weighted by atomic mass is 32.2. The molecule has 2 atom stereocenters. The second kappa shape index (κ2) is 10.7. The molecule has 2 aromatic rings. The van der Waals surface area contributed by atoms with Gasteiger partial charge in [0, 0.05) is 30.6 Å². The van der Waals surface area contributed by atoms with Crippen molar-refractivity contribution < 1.29 is 22.4 Å². The van der Waals surface area contributed by atoms with Crippen molar-refractivity contribution in [3.8, 4) is 0 Å². The molecule has 0 radical (unpaired) electrons. The minimum atomic E-state index is -3.26. The fourth-order valence-electron chi connectivity index (χ4n) is 5.42. The van der Waals surface area contributed by atoms with Gasteiger partial charge in [-0.25, -0.2) is 12.8 Å². The summed E-state index contributed by atoms with van der Waals surface area (Å²) in [5, 5.41) is 6.31. The summed E-state index contributed by atoms with van der Waals surface area (Å²) in [6, 6.07) is 9.03. The van der Waals surface area contributed by atoms with Gasteiger partial charge < -0.3 is 15.5 Å². The van der Waals surface area contributed by atoms with Gasteiger partial charge >= 0.3 is 0 Å². The van der Waals surface area contributed by atoms with Crippen LogP contribution < -0.4 is 10.6 Å². The quantitative estimate of drug-likeness (QED) is 0.535. The molecule has 1 fully saturated rings. The fourth-order valence-corrected chi connectivity index (χ4v) is 6.05. The van der Waals surface area contributed by atoms with E-state index in [1.54, 1.807) is 35.2 Å². The molecule has 1 saturated heterocycles. The monoisotopic (exact) mass is 543 g/mol. The highest BCUT2D eigenvalue weighted by Crippen LogP contribution is 2.34. The summed E-state index contributed by atoms with van der Waals surface area (Å²) in [4.78, 5) is 28.6. The van der Waals surface area contributed by atoms with E-state index < -0.39 is 27.6 Å². The van der Waals surface area contributed by atoms with Gasteiger partial charge in [-0.05, 0) is 92.0 Å². The molecule has 2 N–H and O–H groups in total. The third-order valence-corrected chi connectivity index (χ3v) is 9.11. The Labute approximate surface area is 225 Å². The SMILES string of the molecule is CC1CCc2cc(F)c(C(=O)NC(C(=O)N3CCC(C)(Nc4ccc(S(C)(=O)=O)cc4)CC3)C(C)C)cc21. The number of likely N-dealkylation sites (tertiary alicyclic amines) is 1. The number of rotatable bonds is 7. The van der Waals surface area contributed by atoms with Crippen molar-refractivity contribution in [1.82, 2.24) is 10.2 Å². The molecule has 206 valence electrons. The molecular weight excluding hydrogens is 505 g/mol. The minimum absolute atomic E-state index is 0.00624. The molecule has 0 saturated carbocycles. The lowest BCUT2D eigenvalue weighted by molar-refractivity contribution is -0.135. The second-order valence-electron chi connectivity index (χ2n) is 11.5. The van der Waals surface area contributed by atoms with E-state index in [-0.39, 0.29) is 33.7 Å². The van der Waals surface area contributed by atoms with Crippen LogP contribution >= 0.6 is 0 Å². The number of fused-ring (bicyclic) bond motifs is 1. The summed E-state index contributed by atoms with van der Waals surface area (Å²) >= 11 is 0. The number of anilines is 1. The molecule has 38 heavy (non-hydrogen) atoms. The molecule has 7 nitrogen and oxygen atoms in total. The van der Waals surface area contributed by atoms with E-state index >= 15 is 0 Å². The van der Waals surface area contributed by atoms with Crippen molar-refractivity contribution in [3.63, 3.8) is 0 Å². The molecule has 1 aliphatic heterocycles. The number of halogens is 1. The van der Waals surface area contributed by atoms with Gasteiger partial charge in [-0.1, -0.05) is 20.8 Å². The minimum Gasteiger partial charge on any atom is -0.380 e. The van der Waals surface area contributed by atoms with Crippen LogP contribution in [0.2, 0.25) is 0 Å². The molecule has 1 heterocycles. The van der Waals surface area contributed by atoms with Crippen molar-refractivity contribution in [2.45, 2.75) is 75.8 Å². The molecule has 0 bridgehead atoms. The molecule has 2 amide bonds. The second-order valence-corrected chi connectivity index (χ2v) is 13.5. The predicted molar refractivity (Wildman–Crippen MR) is 147 cm³/mol. The van der Waals surface area contributed by atoms with E-state index in [0.29, 0.717) is 25.9 Å². The van der Waals surface area contributed by atoms with Gasteiger partial charge in [0.25, 0.3) is 5.91 Å². The molecule has 1 aliphatic carbocycles. The van der Waals surface area contributed by atoms with Crippen LogP contribution in [0.1, 0.15) is 74.4 Å². The third-order valence-electron chi connectivity index (χ3n) is 7.98. The molecular formula is C29H38FN3O4S. The fraction of sp³-hybridized carbons (Fsp3) is 0.517. The van der Waals surface area contributed by atoms with Crippen molar-refractivity contribution >= 4 is 27.3 Å². The number of hydrogen-bond donors (Lipinski definition) is 2. The Morgan fingerprint density at radius 1 is 1.11 bits per heavy atom. The highest BCUT2D eigenvalue weighted by molar-refractivity contribution is 7.90. The van der Waals surface area contributed by atoms with E-state index in [2.05, 4.69) is 24.5 Å². The number of aryl methyl sites for hydroxylation is 1. The summed E-state index contributed by atoms with van der Waals surface area (Å²) in [5.41, 5.74) is 2.51. The number of nitrogens with zero attached hydrogens (tertiary/aromatic N) is 1. The summed E-state index contributed by atoms with van der Waals surface area (Å²) < 4.78 is 38.2. The maximum absolute atomic E-state index is 14.8. The molecule has 2 aromatic carbocycles. The summed E-state index contributed by atoms with van der Waals surface area (Å²) in [6.07, 6.45) is 4.31. The zero-order valence-corrected chi connectivity index (χ0v) is 23.6. The van der Waals surface area contributed by atoms with Crippen molar-refractivity contribution in [2.24, 2.45) is 5.92 Å². The van der Waals surface area contributed by atoms with Crippen LogP contribution in [0.3, 0.4) is 0 Å². The number of carbonyl (C=O) groups excluding carboxylic acids is 2. The lowest BCUT2D eigenvalue weighted by atomic mass is 9.88. The highest BCUT2D eigenvalue weighted by Gasteiger charge is 2.36. The van der Waals surface area contributed by atoms with E-state index in [9.17, 15) is 22.4 Å². The average Bonchev–Trinajstić information content (AvgIpc) is 3.20. The molecule has 0 spiro atoms. The molecule has 9 heteroatoms. The Hall–Kier alpha value is -2.94. The van der Waals surface area contributed by atoms with Gasteiger partial charge in [0.2, 0.25) is 5.91 Å². The zero-order chi connectivity index (χ0) is 27.8. The van der Waals surface area contributed by atoms with Crippen molar-refractivity contribution in [1.29, 1.82) is 0 Å². The number of hydrogen-bond acceptors (Lipinski definition) is 5. The molecule has 4 rings (SSSR count). The van der Waals surface area contributed by atoms with Crippen LogP contribution in [-0.2, 0) is 21.1 Å². The Bertz CT molecular complexity index is 1320. The Morgan fingerprint density at radius 3 is 2.32 bits per heavy atom. The van der Waals surface area contributed by atoms with Gasteiger partial charge in [0.1, 0.15) is 11.9 Å². The number of sulfone groups is 1. The van der Waals surface area contributed by atoms with Crippen LogP contribution in [0.15, 0.2) is 41.3 Å². The Morgan fingerprint density at radius 2 is 1.74 bits per heavy atom. The van der Waals surface area contributed by atoms with E-state index in [4.69, 9.17) is 0 Å². The van der Waals surface area contributed by atoms with Crippen LogP contribution in [0, 0.1) is 11.7 Å². The third kappa shape index (κ3) is 6.03. The number of benzene rings is 2. The average molecular weight is 544 g/mol. The first-order valence-corrected chi connectivity index (χ1v) is 15.2. The van der Waals surface area contributed by atoms with Gasteiger partial charge in [0.05, 0.1) is 10.5 Å². The topological polar surface area (TPSA) is 95.6 Å². The van der Waals surface area contributed by atoms with E-state index in [0.717, 1.165) is 29.7 Å². The van der Waals surface area contributed by atoms with Crippen LogP contribution in [0.4, 0.5) is 10.1 Å². The Balaban J connectivity index is 1.40.